The zero-order valence-corrected chi connectivity index (χ0v) is 15.2. The van der Waals surface area contributed by atoms with Crippen molar-refractivity contribution >= 4 is 16.9 Å². The van der Waals surface area contributed by atoms with Crippen LogP contribution in [0.15, 0.2) is 24.4 Å². The lowest BCUT2D eigenvalue weighted by atomic mass is 10.1. The lowest BCUT2D eigenvalue weighted by Gasteiger charge is -2.23. The number of aromatic amines is 1. The normalized spacial score (nSPS) is 20.1. The van der Waals surface area contributed by atoms with Crippen LogP contribution in [0, 0.1) is 5.92 Å². The van der Waals surface area contributed by atoms with E-state index >= 15 is 0 Å². The van der Waals surface area contributed by atoms with Crippen molar-refractivity contribution in [2.45, 2.75) is 45.1 Å². The number of rotatable bonds is 6. The first-order valence-electron chi connectivity index (χ1n) is 9.35. The van der Waals surface area contributed by atoms with Gasteiger partial charge >= 0.3 is 6.03 Å². The second-order valence-electron chi connectivity index (χ2n) is 7.13. The molecular formula is C20H29N3O2. The fourth-order valence-corrected chi connectivity index (χ4v) is 3.88. The van der Waals surface area contributed by atoms with Gasteiger partial charge in [-0.05, 0) is 36.8 Å². The molecule has 1 aliphatic carbocycles. The van der Waals surface area contributed by atoms with Crippen molar-refractivity contribution in [2.75, 3.05) is 20.1 Å². The van der Waals surface area contributed by atoms with Crippen LogP contribution < -0.4 is 5.32 Å². The zero-order valence-electron chi connectivity index (χ0n) is 15.2. The molecule has 3 rings (SSSR count). The maximum atomic E-state index is 12.3. The van der Waals surface area contributed by atoms with Crippen molar-refractivity contribution in [2.24, 2.45) is 5.92 Å². The average molecular weight is 343 g/mol. The summed E-state index contributed by atoms with van der Waals surface area (Å²) in [7, 11) is 1.81. The molecule has 5 nitrogen and oxygen atoms in total. The Kier molecular flexibility index (Phi) is 5.63. The molecule has 1 aliphatic rings. The Morgan fingerprint density at radius 3 is 2.92 bits per heavy atom. The molecule has 136 valence electrons. The van der Waals surface area contributed by atoms with Gasteiger partial charge < -0.3 is 20.3 Å². The van der Waals surface area contributed by atoms with Gasteiger partial charge in [0.2, 0.25) is 0 Å². The van der Waals surface area contributed by atoms with E-state index in [-0.39, 0.29) is 18.1 Å². The zero-order chi connectivity index (χ0) is 17.8. The molecule has 0 spiro atoms. The molecule has 3 N–H and O–H groups in total. The molecular weight excluding hydrogens is 314 g/mol. The number of amides is 2. The van der Waals surface area contributed by atoms with Gasteiger partial charge in [0.1, 0.15) is 0 Å². The molecule has 0 radical (unpaired) electrons. The number of aliphatic hydroxyl groups is 1. The highest BCUT2D eigenvalue weighted by molar-refractivity contribution is 5.86. The van der Waals surface area contributed by atoms with E-state index in [0.29, 0.717) is 13.1 Å². The van der Waals surface area contributed by atoms with Crippen LogP contribution in [0.3, 0.4) is 0 Å². The fourth-order valence-electron chi connectivity index (χ4n) is 3.88. The van der Waals surface area contributed by atoms with Crippen molar-refractivity contribution in [3.63, 3.8) is 0 Å². The average Bonchev–Trinajstić information content (AvgIpc) is 3.21. The number of hydrogen-bond donors (Lipinski definition) is 3. The predicted molar refractivity (Wildman–Crippen MR) is 101 cm³/mol. The molecule has 2 amide bonds. The first-order valence-corrected chi connectivity index (χ1v) is 9.35. The summed E-state index contributed by atoms with van der Waals surface area (Å²) in [5.74, 6) is 0.219. The lowest BCUT2D eigenvalue weighted by Crippen LogP contribution is -2.41. The van der Waals surface area contributed by atoms with Gasteiger partial charge in [-0.2, -0.15) is 0 Å². The first kappa shape index (κ1) is 17.8. The van der Waals surface area contributed by atoms with Crippen LogP contribution in [0.2, 0.25) is 0 Å². The molecule has 0 aliphatic heterocycles. The van der Waals surface area contributed by atoms with Gasteiger partial charge in [0.25, 0.3) is 0 Å². The summed E-state index contributed by atoms with van der Waals surface area (Å²) in [5.41, 5.74) is 3.76. The quantitative estimate of drug-likeness (QED) is 0.754. The first-order chi connectivity index (χ1) is 12.1. The topological polar surface area (TPSA) is 68.4 Å². The summed E-state index contributed by atoms with van der Waals surface area (Å²) in [4.78, 5) is 17.3. The Hall–Kier alpha value is -2.01. The van der Waals surface area contributed by atoms with E-state index in [1.165, 1.54) is 22.0 Å². The monoisotopic (exact) mass is 343 g/mol. The Bertz CT molecular complexity index is 725. The highest BCUT2D eigenvalue weighted by Gasteiger charge is 2.27. The number of aromatic nitrogens is 1. The molecule has 1 aromatic heterocycles. The number of benzene rings is 1. The van der Waals surface area contributed by atoms with Crippen LogP contribution in [-0.2, 0) is 12.8 Å². The highest BCUT2D eigenvalue weighted by atomic mass is 16.3. The number of aryl methyl sites for hydroxylation is 1. The summed E-state index contributed by atoms with van der Waals surface area (Å²) in [5, 5.41) is 14.1. The highest BCUT2D eigenvalue weighted by Crippen LogP contribution is 2.26. The van der Waals surface area contributed by atoms with Gasteiger partial charge in [0.05, 0.1) is 6.10 Å². The second-order valence-corrected chi connectivity index (χ2v) is 7.13. The largest absolute Gasteiger partial charge is 0.393 e. The van der Waals surface area contributed by atoms with Crippen LogP contribution in [0.1, 0.15) is 37.3 Å². The van der Waals surface area contributed by atoms with Crippen molar-refractivity contribution < 1.29 is 9.90 Å². The summed E-state index contributed by atoms with van der Waals surface area (Å²) in [6.45, 7) is 3.40. The maximum Gasteiger partial charge on any atom is 0.317 e. The summed E-state index contributed by atoms with van der Waals surface area (Å²) >= 11 is 0. The van der Waals surface area contributed by atoms with E-state index in [0.717, 1.165) is 32.1 Å². The summed E-state index contributed by atoms with van der Waals surface area (Å²) in [6, 6.07) is 6.32. The van der Waals surface area contributed by atoms with Crippen LogP contribution in [0.5, 0.6) is 0 Å². The summed E-state index contributed by atoms with van der Waals surface area (Å²) in [6.07, 6.45) is 6.53. The van der Waals surface area contributed by atoms with Crippen molar-refractivity contribution in [3.8, 4) is 0 Å². The van der Waals surface area contributed by atoms with E-state index in [1.54, 1.807) is 11.9 Å². The van der Waals surface area contributed by atoms with E-state index in [1.807, 2.05) is 0 Å². The number of hydrogen-bond acceptors (Lipinski definition) is 2. The third-order valence-electron chi connectivity index (χ3n) is 5.41. The molecule has 2 aromatic rings. The minimum atomic E-state index is -0.255. The minimum absolute atomic E-state index is 0.0619. The molecule has 1 heterocycles. The number of carbonyl (C=O) groups excluding carboxylic acids is 1. The van der Waals surface area contributed by atoms with Crippen molar-refractivity contribution in [3.05, 3.63) is 35.5 Å². The molecule has 2 unspecified atom stereocenters. The fraction of sp³-hybridized carbons (Fsp3) is 0.550. The standard InChI is InChI=1S/C20H29N3O2/c1-3-14-6-4-8-17-15(12-22-19(14)17)10-11-21-20(25)23(2)13-16-7-5-9-18(16)24/h4,6,8,12,16,18,22,24H,3,5,7,9-11,13H2,1-2H3,(H,21,25). The van der Waals surface area contributed by atoms with E-state index in [4.69, 9.17) is 0 Å². The Morgan fingerprint density at radius 2 is 2.20 bits per heavy atom. The summed E-state index contributed by atoms with van der Waals surface area (Å²) < 4.78 is 0. The predicted octanol–water partition coefficient (Wildman–Crippen LogP) is 3.08. The smallest absolute Gasteiger partial charge is 0.317 e. The number of nitrogens with one attached hydrogen (secondary N) is 2. The Balaban J connectivity index is 1.51. The van der Waals surface area contributed by atoms with Gasteiger partial charge in [-0.1, -0.05) is 31.5 Å². The lowest BCUT2D eigenvalue weighted by molar-refractivity contribution is 0.114. The van der Waals surface area contributed by atoms with Crippen LogP contribution in [0.4, 0.5) is 4.79 Å². The number of urea groups is 1. The van der Waals surface area contributed by atoms with E-state index in [9.17, 15) is 9.90 Å². The van der Waals surface area contributed by atoms with Crippen molar-refractivity contribution in [1.29, 1.82) is 0 Å². The second kappa shape index (κ2) is 7.91. The van der Waals surface area contributed by atoms with Gasteiger partial charge in [0.15, 0.2) is 0 Å². The number of fused-ring (bicyclic) bond motifs is 1. The third-order valence-corrected chi connectivity index (χ3v) is 5.41. The Labute approximate surface area is 149 Å². The number of carbonyl (C=O) groups is 1. The van der Waals surface area contributed by atoms with Gasteiger partial charge in [-0.3, -0.25) is 0 Å². The van der Waals surface area contributed by atoms with E-state index < -0.39 is 0 Å². The number of H-pyrrole nitrogens is 1. The molecule has 1 aromatic carbocycles. The van der Waals surface area contributed by atoms with Gasteiger partial charge in [-0.25, -0.2) is 4.79 Å². The van der Waals surface area contributed by atoms with Crippen LogP contribution >= 0.6 is 0 Å². The van der Waals surface area contributed by atoms with Gasteiger partial charge in [0, 0.05) is 43.2 Å². The minimum Gasteiger partial charge on any atom is -0.393 e. The molecule has 0 saturated heterocycles. The number of aliphatic hydroxyl groups excluding tert-OH is 1. The van der Waals surface area contributed by atoms with Crippen molar-refractivity contribution in [1.82, 2.24) is 15.2 Å². The maximum absolute atomic E-state index is 12.3. The Morgan fingerprint density at radius 1 is 1.36 bits per heavy atom. The van der Waals surface area contributed by atoms with Gasteiger partial charge in [-0.15, -0.1) is 0 Å². The number of nitrogens with zero attached hydrogens (tertiary/aromatic N) is 1. The van der Waals surface area contributed by atoms with E-state index in [2.05, 4.69) is 41.6 Å². The molecule has 2 atom stereocenters. The molecule has 25 heavy (non-hydrogen) atoms. The molecule has 1 fully saturated rings. The third kappa shape index (κ3) is 3.98. The SMILES string of the molecule is CCc1cccc2c(CCNC(=O)N(C)CC3CCCC3O)c[nH]c12. The van der Waals surface area contributed by atoms with Crippen LogP contribution in [0.25, 0.3) is 10.9 Å². The molecule has 0 bridgehead atoms. The number of para-hydroxylation sites is 1. The molecule has 5 heteroatoms. The molecule has 1 saturated carbocycles. The van der Waals surface area contributed by atoms with Crippen LogP contribution in [-0.4, -0.2) is 47.3 Å².